The van der Waals surface area contributed by atoms with E-state index in [9.17, 15) is 0 Å². The van der Waals surface area contributed by atoms with E-state index >= 15 is 0 Å². The van der Waals surface area contributed by atoms with Gasteiger partial charge in [-0.2, -0.15) is 5.10 Å². The highest BCUT2D eigenvalue weighted by atomic mass is 16.5. The molecule has 1 atom stereocenters. The first-order chi connectivity index (χ1) is 12.2. The molecule has 3 rings (SSSR count). The Balaban J connectivity index is 1.70. The van der Waals surface area contributed by atoms with Gasteiger partial charge in [0.2, 0.25) is 0 Å². The quantitative estimate of drug-likeness (QED) is 0.769. The molecular weight excluding hydrogens is 316 g/mol. The highest BCUT2D eigenvalue weighted by molar-refractivity contribution is 5.45. The maximum absolute atomic E-state index is 5.45. The van der Waals surface area contributed by atoms with E-state index in [-0.39, 0.29) is 0 Å². The lowest BCUT2D eigenvalue weighted by atomic mass is 10.1. The van der Waals surface area contributed by atoms with Gasteiger partial charge in [0.15, 0.2) is 0 Å². The number of nitrogens with zero attached hydrogens (tertiary/aromatic N) is 4. The van der Waals surface area contributed by atoms with Crippen molar-refractivity contribution in [3.8, 4) is 11.4 Å². The maximum atomic E-state index is 5.45. The van der Waals surface area contributed by atoms with Crippen molar-refractivity contribution in [2.75, 3.05) is 47.0 Å². The summed E-state index contributed by atoms with van der Waals surface area (Å²) in [6.07, 6.45) is 3.78. The Bertz CT molecular complexity index is 653. The van der Waals surface area contributed by atoms with Gasteiger partial charge in [-0.05, 0) is 43.8 Å². The Morgan fingerprint density at radius 1 is 1.32 bits per heavy atom. The van der Waals surface area contributed by atoms with E-state index < -0.39 is 0 Å². The van der Waals surface area contributed by atoms with Gasteiger partial charge in [0, 0.05) is 44.6 Å². The van der Waals surface area contributed by atoms with Gasteiger partial charge in [0.1, 0.15) is 5.75 Å². The number of aromatic nitrogens is 2. The Kier molecular flexibility index (Phi) is 6.07. The van der Waals surface area contributed by atoms with Crippen LogP contribution in [0.15, 0.2) is 36.7 Å². The number of likely N-dealkylation sites (N-methyl/N-ethyl adjacent to an activating group) is 1. The average Bonchev–Trinajstić information content (AvgIpc) is 3.16. The van der Waals surface area contributed by atoms with Crippen LogP contribution >= 0.6 is 0 Å². The van der Waals surface area contributed by atoms with E-state index in [1.165, 1.54) is 5.56 Å². The lowest BCUT2D eigenvalue weighted by Crippen LogP contribution is -2.46. The summed E-state index contributed by atoms with van der Waals surface area (Å²) in [7, 11) is 3.88. The maximum Gasteiger partial charge on any atom is 0.119 e. The van der Waals surface area contributed by atoms with Crippen LogP contribution in [0.2, 0.25) is 0 Å². The smallest absolute Gasteiger partial charge is 0.119 e. The van der Waals surface area contributed by atoms with E-state index in [0.29, 0.717) is 6.04 Å². The minimum absolute atomic E-state index is 0.507. The monoisotopic (exact) mass is 344 g/mol. The number of methoxy groups -OCH3 is 1. The van der Waals surface area contributed by atoms with E-state index in [1.54, 1.807) is 13.3 Å². The summed E-state index contributed by atoms with van der Waals surface area (Å²) in [5, 5.41) is 4.38. The van der Waals surface area contributed by atoms with Crippen molar-refractivity contribution < 1.29 is 9.47 Å². The molecule has 2 aromatic rings. The predicted molar refractivity (Wildman–Crippen MR) is 98.3 cm³/mol. The second-order valence-electron chi connectivity index (χ2n) is 6.64. The van der Waals surface area contributed by atoms with Gasteiger partial charge in [0.05, 0.1) is 26.0 Å². The average molecular weight is 344 g/mol. The molecule has 0 radical (unpaired) electrons. The van der Waals surface area contributed by atoms with Gasteiger partial charge in [-0.1, -0.05) is 0 Å². The molecule has 0 aliphatic carbocycles. The van der Waals surface area contributed by atoms with Crippen LogP contribution in [0, 0.1) is 0 Å². The molecule has 25 heavy (non-hydrogen) atoms. The molecule has 1 aliphatic heterocycles. The van der Waals surface area contributed by atoms with E-state index in [0.717, 1.165) is 50.8 Å². The van der Waals surface area contributed by atoms with Gasteiger partial charge in [-0.15, -0.1) is 0 Å². The molecule has 6 heteroatoms. The van der Waals surface area contributed by atoms with Crippen molar-refractivity contribution in [2.45, 2.75) is 19.5 Å². The summed E-state index contributed by atoms with van der Waals surface area (Å²) in [5.74, 6) is 0.875. The zero-order valence-electron chi connectivity index (χ0n) is 15.4. The fraction of sp³-hybridized carbons (Fsp3) is 0.526. The minimum Gasteiger partial charge on any atom is -0.497 e. The second-order valence-corrected chi connectivity index (χ2v) is 6.64. The molecule has 1 saturated heterocycles. The van der Waals surface area contributed by atoms with Crippen LogP contribution in [-0.2, 0) is 11.3 Å². The third kappa shape index (κ3) is 4.60. The van der Waals surface area contributed by atoms with Crippen molar-refractivity contribution in [2.24, 2.45) is 0 Å². The summed E-state index contributed by atoms with van der Waals surface area (Å²) in [5.41, 5.74) is 2.30. The molecule has 136 valence electrons. The number of benzene rings is 1. The van der Waals surface area contributed by atoms with Gasteiger partial charge >= 0.3 is 0 Å². The third-order valence-electron chi connectivity index (χ3n) is 4.72. The summed E-state index contributed by atoms with van der Waals surface area (Å²) >= 11 is 0. The first kappa shape index (κ1) is 17.9. The van der Waals surface area contributed by atoms with Crippen LogP contribution < -0.4 is 4.74 Å². The zero-order valence-corrected chi connectivity index (χ0v) is 15.4. The summed E-state index contributed by atoms with van der Waals surface area (Å²) < 4.78 is 12.8. The molecule has 0 saturated carbocycles. The fourth-order valence-electron chi connectivity index (χ4n) is 3.39. The van der Waals surface area contributed by atoms with Crippen LogP contribution in [0.5, 0.6) is 5.75 Å². The highest BCUT2D eigenvalue weighted by Gasteiger charge is 2.19. The van der Waals surface area contributed by atoms with Crippen LogP contribution in [0.3, 0.4) is 0 Å². The summed E-state index contributed by atoms with van der Waals surface area (Å²) in [6, 6.07) is 8.61. The van der Waals surface area contributed by atoms with Gasteiger partial charge < -0.3 is 14.4 Å². The topological polar surface area (TPSA) is 42.8 Å². The van der Waals surface area contributed by atoms with Crippen molar-refractivity contribution in [1.82, 2.24) is 19.6 Å². The van der Waals surface area contributed by atoms with Crippen molar-refractivity contribution in [3.63, 3.8) is 0 Å². The fourth-order valence-corrected chi connectivity index (χ4v) is 3.39. The number of rotatable bonds is 7. The van der Waals surface area contributed by atoms with E-state index in [2.05, 4.69) is 41.0 Å². The molecule has 2 heterocycles. The number of ether oxygens (including phenoxy) is 2. The summed E-state index contributed by atoms with van der Waals surface area (Å²) in [6.45, 7) is 7.87. The number of hydrogen-bond donors (Lipinski definition) is 0. The predicted octanol–water partition coefficient (Wildman–Crippen LogP) is 2.03. The lowest BCUT2D eigenvalue weighted by molar-refractivity contribution is 0.0137. The van der Waals surface area contributed by atoms with E-state index in [4.69, 9.17) is 9.47 Å². The molecule has 0 unspecified atom stereocenters. The SMILES string of the molecule is COc1ccc(-n2cccn2)c(CN(C)C[C@H](C)N2CCOCC2)c1. The molecule has 0 spiro atoms. The summed E-state index contributed by atoms with van der Waals surface area (Å²) in [4.78, 5) is 4.86. The largest absolute Gasteiger partial charge is 0.497 e. The molecule has 1 fully saturated rings. The first-order valence-corrected chi connectivity index (χ1v) is 8.84. The van der Waals surface area contributed by atoms with Crippen molar-refractivity contribution >= 4 is 0 Å². The second kappa shape index (κ2) is 8.47. The molecule has 0 amide bonds. The van der Waals surface area contributed by atoms with Gasteiger partial charge in [-0.25, -0.2) is 4.68 Å². The standard InChI is InChI=1S/C19H28N4O2/c1-16(22-9-11-25-12-10-22)14-21(2)15-17-13-18(24-3)5-6-19(17)23-8-4-7-20-23/h4-8,13,16H,9-12,14-15H2,1-3H3/t16-/m0/s1. The van der Waals surface area contributed by atoms with E-state index in [1.807, 2.05) is 23.0 Å². The molecule has 1 aromatic carbocycles. The minimum atomic E-state index is 0.507. The van der Waals surface area contributed by atoms with Crippen LogP contribution in [0.1, 0.15) is 12.5 Å². The molecular formula is C19H28N4O2. The Morgan fingerprint density at radius 3 is 2.80 bits per heavy atom. The normalized spacial score (nSPS) is 17.0. The lowest BCUT2D eigenvalue weighted by Gasteiger charge is -2.34. The van der Waals surface area contributed by atoms with Gasteiger partial charge in [0.25, 0.3) is 0 Å². The molecule has 0 bridgehead atoms. The first-order valence-electron chi connectivity index (χ1n) is 8.84. The number of morpholine rings is 1. The van der Waals surface area contributed by atoms with Crippen molar-refractivity contribution in [3.05, 3.63) is 42.2 Å². The van der Waals surface area contributed by atoms with Crippen molar-refractivity contribution in [1.29, 1.82) is 0 Å². The zero-order chi connectivity index (χ0) is 17.6. The van der Waals surface area contributed by atoms with Crippen LogP contribution in [-0.4, -0.2) is 72.6 Å². The third-order valence-corrected chi connectivity index (χ3v) is 4.72. The van der Waals surface area contributed by atoms with Crippen LogP contribution in [0.25, 0.3) is 5.69 Å². The Hall–Kier alpha value is -1.89. The molecule has 1 aliphatic rings. The molecule has 1 aromatic heterocycles. The van der Waals surface area contributed by atoms with Crippen LogP contribution in [0.4, 0.5) is 0 Å². The molecule has 0 N–H and O–H groups in total. The Labute approximate surface area is 149 Å². The van der Waals surface area contributed by atoms with Gasteiger partial charge in [-0.3, -0.25) is 4.90 Å². The molecule has 6 nitrogen and oxygen atoms in total. The number of hydrogen-bond acceptors (Lipinski definition) is 5. The highest BCUT2D eigenvalue weighted by Crippen LogP contribution is 2.22. The Morgan fingerprint density at radius 2 is 2.12 bits per heavy atom.